The van der Waals surface area contributed by atoms with Crippen molar-refractivity contribution in [2.75, 3.05) is 17.7 Å². The molecule has 0 radical (unpaired) electrons. The lowest BCUT2D eigenvalue weighted by molar-refractivity contribution is 0.102. The van der Waals surface area contributed by atoms with Crippen LogP contribution in [0.1, 0.15) is 10.4 Å². The molecule has 0 bridgehead atoms. The van der Waals surface area contributed by atoms with Crippen molar-refractivity contribution in [1.82, 2.24) is 4.98 Å². The van der Waals surface area contributed by atoms with Crippen LogP contribution < -0.4 is 15.4 Å². The molecule has 0 atom stereocenters. The van der Waals surface area contributed by atoms with E-state index in [9.17, 15) is 9.18 Å². The van der Waals surface area contributed by atoms with E-state index in [0.29, 0.717) is 17.3 Å². The van der Waals surface area contributed by atoms with E-state index in [2.05, 4.69) is 15.6 Å². The summed E-state index contributed by atoms with van der Waals surface area (Å²) in [4.78, 5) is 16.8. The Labute approximate surface area is 144 Å². The van der Waals surface area contributed by atoms with Crippen LogP contribution in [0.15, 0.2) is 66.9 Å². The van der Waals surface area contributed by atoms with Gasteiger partial charge in [0.25, 0.3) is 5.91 Å². The van der Waals surface area contributed by atoms with E-state index in [4.69, 9.17) is 4.74 Å². The van der Waals surface area contributed by atoms with Crippen LogP contribution in [0.25, 0.3) is 0 Å². The van der Waals surface area contributed by atoms with Gasteiger partial charge in [0.1, 0.15) is 17.4 Å². The highest BCUT2D eigenvalue weighted by atomic mass is 19.1. The summed E-state index contributed by atoms with van der Waals surface area (Å²) < 4.78 is 19.0. The third-order valence-corrected chi connectivity index (χ3v) is 3.53. The second kappa shape index (κ2) is 7.44. The monoisotopic (exact) mass is 337 g/mol. The van der Waals surface area contributed by atoms with Gasteiger partial charge in [-0.25, -0.2) is 9.37 Å². The molecule has 1 amide bonds. The van der Waals surface area contributed by atoms with Crippen LogP contribution in [-0.4, -0.2) is 18.0 Å². The molecule has 0 aliphatic heterocycles. The maximum absolute atomic E-state index is 13.7. The summed E-state index contributed by atoms with van der Waals surface area (Å²) >= 11 is 0. The van der Waals surface area contributed by atoms with Crippen molar-refractivity contribution in [3.8, 4) is 5.75 Å². The molecular formula is C19H16FN3O2. The van der Waals surface area contributed by atoms with Crippen molar-refractivity contribution in [1.29, 1.82) is 0 Å². The second-order valence-corrected chi connectivity index (χ2v) is 5.16. The standard InChI is InChI=1S/C19H16FN3O2/c1-25-17-11-5-4-10-16(17)22-18-13(7-6-12-21-18)19(24)23-15-9-3-2-8-14(15)20/h2-12H,1H3,(H,21,22)(H,23,24). The number of hydrogen-bond acceptors (Lipinski definition) is 4. The summed E-state index contributed by atoms with van der Waals surface area (Å²) in [5.74, 6) is 0.00373. The molecule has 3 aromatic rings. The molecule has 0 fully saturated rings. The highest BCUT2D eigenvalue weighted by Crippen LogP contribution is 2.28. The van der Waals surface area contributed by atoms with E-state index in [1.807, 2.05) is 18.2 Å². The molecule has 3 rings (SSSR count). The highest BCUT2D eigenvalue weighted by molar-refractivity contribution is 6.07. The van der Waals surface area contributed by atoms with Crippen LogP contribution in [-0.2, 0) is 0 Å². The molecule has 0 aliphatic rings. The van der Waals surface area contributed by atoms with Gasteiger partial charge in [-0.2, -0.15) is 0 Å². The Hall–Kier alpha value is -3.41. The third-order valence-electron chi connectivity index (χ3n) is 3.53. The Bertz CT molecular complexity index is 899. The lowest BCUT2D eigenvalue weighted by atomic mass is 10.2. The summed E-state index contributed by atoms with van der Waals surface area (Å²) in [7, 11) is 1.56. The molecule has 0 aliphatic carbocycles. The first kappa shape index (κ1) is 16.4. The number of carbonyl (C=O) groups excluding carboxylic acids is 1. The Morgan fingerprint density at radius 2 is 1.72 bits per heavy atom. The van der Waals surface area contributed by atoms with E-state index in [0.717, 1.165) is 0 Å². The number of methoxy groups -OCH3 is 1. The number of carbonyl (C=O) groups is 1. The first-order valence-corrected chi connectivity index (χ1v) is 7.60. The molecule has 2 N–H and O–H groups in total. The van der Waals surface area contributed by atoms with Gasteiger partial charge in [0, 0.05) is 6.20 Å². The Kier molecular flexibility index (Phi) is 4.89. The average Bonchev–Trinajstić information content (AvgIpc) is 2.64. The summed E-state index contributed by atoms with van der Waals surface area (Å²) in [6.45, 7) is 0. The van der Waals surface area contributed by atoms with Crippen molar-refractivity contribution in [3.63, 3.8) is 0 Å². The molecule has 1 aromatic heterocycles. The molecule has 126 valence electrons. The summed E-state index contributed by atoms with van der Waals surface area (Å²) in [6, 6.07) is 16.5. The Balaban J connectivity index is 1.88. The number of ether oxygens (including phenoxy) is 1. The van der Waals surface area contributed by atoms with Gasteiger partial charge in [0.15, 0.2) is 0 Å². The van der Waals surface area contributed by atoms with Gasteiger partial charge in [-0.05, 0) is 36.4 Å². The van der Waals surface area contributed by atoms with E-state index >= 15 is 0 Å². The van der Waals surface area contributed by atoms with Gasteiger partial charge in [-0.1, -0.05) is 24.3 Å². The first-order chi connectivity index (χ1) is 12.2. The summed E-state index contributed by atoms with van der Waals surface area (Å²) in [5.41, 5.74) is 1.07. The highest BCUT2D eigenvalue weighted by Gasteiger charge is 2.15. The van der Waals surface area contributed by atoms with Crippen molar-refractivity contribution < 1.29 is 13.9 Å². The molecular weight excluding hydrogens is 321 g/mol. The van der Waals surface area contributed by atoms with Gasteiger partial charge in [-0.3, -0.25) is 4.79 Å². The molecule has 1 heterocycles. The van der Waals surface area contributed by atoms with E-state index in [-0.39, 0.29) is 11.3 Å². The van der Waals surface area contributed by atoms with Crippen LogP contribution in [0.3, 0.4) is 0 Å². The van der Waals surface area contributed by atoms with E-state index < -0.39 is 11.7 Å². The number of para-hydroxylation sites is 3. The van der Waals surface area contributed by atoms with Crippen molar-refractivity contribution in [2.24, 2.45) is 0 Å². The quantitative estimate of drug-likeness (QED) is 0.731. The van der Waals surface area contributed by atoms with Crippen LogP contribution in [0, 0.1) is 5.82 Å². The summed E-state index contributed by atoms with van der Waals surface area (Å²) in [5, 5.41) is 5.64. The van der Waals surface area contributed by atoms with Gasteiger partial charge in [-0.15, -0.1) is 0 Å². The number of anilines is 3. The van der Waals surface area contributed by atoms with Gasteiger partial charge in [0.05, 0.1) is 24.0 Å². The maximum Gasteiger partial charge on any atom is 0.259 e. The zero-order valence-corrected chi connectivity index (χ0v) is 13.5. The lowest BCUT2D eigenvalue weighted by Gasteiger charge is -2.13. The smallest absolute Gasteiger partial charge is 0.259 e. The number of benzene rings is 2. The maximum atomic E-state index is 13.7. The number of amides is 1. The third kappa shape index (κ3) is 3.74. The molecule has 5 nitrogen and oxygen atoms in total. The Morgan fingerprint density at radius 3 is 2.48 bits per heavy atom. The number of pyridine rings is 1. The molecule has 0 unspecified atom stereocenters. The molecule has 6 heteroatoms. The SMILES string of the molecule is COc1ccccc1Nc1ncccc1C(=O)Nc1ccccc1F. The van der Waals surface area contributed by atoms with Crippen molar-refractivity contribution in [3.05, 3.63) is 78.2 Å². The van der Waals surface area contributed by atoms with Crippen LogP contribution in [0.5, 0.6) is 5.75 Å². The number of aromatic nitrogens is 1. The fourth-order valence-electron chi connectivity index (χ4n) is 2.32. The molecule has 0 saturated carbocycles. The fourth-order valence-corrected chi connectivity index (χ4v) is 2.32. The number of hydrogen-bond donors (Lipinski definition) is 2. The minimum Gasteiger partial charge on any atom is -0.495 e. The predicted octanol–water partition coefficient (Wildman–Crippen LogP) is 4.23. The average molecular weight is 337 g/mol. The normalized spacial score (nSPS) is 10.2. The molecule has 25 heavy (non-hydrogen) atoms. The van der Waals surface area contributed by atoms with Crippen molar-refractivity contribution >= 4 is 23.1 Å². The Morgan fingerprint density at radius 1 is 1.00 bits per heavy atom. The number of halogens is 1. The summed E-state index contributed by atoms with van der Waals surface area (Å²) in [6.07, 6.45) is 1.57. The van der Waals surface area contributed by atoms with Gasteiger partial charge >= 0.3 is 0 Å². The van der Waals surface area contributed by atoms with Gasteiger partial charge < -0.3 is 15.4 Å². The first-order valence-electron chi connectivity index (χ1n) is 7.60. The number of nitrogens with one attached hydrogen (secondary N) is 2. The predicted molar refractivity (Wildman–Crippen MR) is 94.9 cm³/mol. The second-order valence-electron chi connectivity index (χ2n) is 5.16. The van der Waals surface area contributed by atoms with E-state index in [1.54, 1.807) is 43.6 Å². The molecule has 0 spiro atoms. The van der Waals surface area contributed by atoms with Gasteiger partial charge in [0.2, 0.25) is 0 Å². The molecule has 0 saturated heterocycles. The lowest BCUT2D eigenvalue weighted by Crippen LogP contribution is -2.15. The van der Waals surface area contributed by atoms with Crippen LogP contribution >= 0.6 is 0 Å². The fraction of sp³-hybridized carbons (Fsp3) is 0.0526. The number of rotatable bonds is 5. The minimum atomic E-state index is -0.501. The topological polar surface area (TPSA) is 63.2 Å². The zero-order valence-electron chi connectivity index (χ0n) is 13.5. The van der Waals surface area contributed by atoms with Crippen LogP contribution in [0.2, 0.25) is 0 Å². The van der Waals surface area contributed by atoms with Crippen LogP contribution in [0.4, 0.5) is 21.6 Å². The minimum absolute atomic E-state index is 0.111. The van der Waals surface area contributed by atoms with Crippen molar-refractivity contribution in [2.45, 2.75) is 0 Å². The zero-order chi connectivity index (χ0) is 17.6. The molecule has 2 aromatic carbocycles. The van der Waals surface area contributed by atoms with E-state index in [1.165, 1.54) is 12.1 Å². The largest absolute Gasteiger partial charge is 0.495 e. The number of nitrogens with zero attached hydrogens (tertiary/aromatic N) is 1.